The van der Waals surface area contributed by atoms with Crippen molar-refractivity contribution < 1.29 is 13.9 Å². The van der Waals surface area contributed by atoms with Crippen LogP contribution in [0.15, 0.2) is 34.9 Å². The SMILES string of the molecule is Cc1ccoc1C(O)C(CN)c1c(F)cccc1Cl. The van der Waals surface area contributed by atoms with Crippen molar-refractivity contribution in [2.75, 3.05) is 6.54 Å². The predicted octanol–water partition coefficient (Wildman–Crippen LogP) is 3.16. The van der Waals surface area contributed by atoms with Crippen molar-refractivity contribution in [2.45, 2.75) is 18.9 Å². The third kappa shape index (κ3) is 2.66. The van der Waals surface area contributed by atoms with Gasteiger partial charge >= 0.3 is 0 Å². The van der Waals surface area contributed by atoms with Crippen LogP contribution in [0.5, 0.6) is 0 Å². The molecule has 1 aromatic heterocycles. The summed E-state index contributed by atoms with van der Waals surface area (Å²) < 4.78 is 19.1. The number of nitrogens with two attached hydrogens (primary N) is 1. The van der Waals surface area contributed by atoms with Gasteiger partial charge in [0.1, 0.15) is 17.7 Å². The van der Waals surface area contributed by atoms with Crippen molar-refractivity contribution in [2.24, 2.45) is 5.73 Å². The summed E-state index contributed by atoms with van der Waals surface area (Å²) in [6, 6.07) is 6.12. The standard InChI is InChI=1S/C14H15ClFNO2/c1-8-5-6-19-14(8)13(18)9(7-17)12-10(15)3-2-4-11(12)16/h2-6,9,13,18H,7,17H2,1H3. The largest absolute Gasteiger partial charge is 0.466 e. The van der Waals surface area contributed by atoms with E-state index < -0.39 is 17.8 Å². The highest BCUT2D eigenvalue weighted by molar-refractivity contribution is 6.31. The molecule has 2 aromatic rings. The molecule has 102 valence electrons. The average Bonchev–Trinajstić information content (AvgIpc) is 2.79. The molecule has 0 spiro atoms. The van der Waals surface area contributed by atoms with Gasteiger partial charge in [-0.3, -0.25) is 0 Å². The van der Waals surface area contributed by atoms with Gasteiger partial charge in [0.25, 0.3) is 0 Å². The van der Waals surface area contributed by atoms with E-state index in [1.165, 1.54) is 18.4 Å². The van der Waals surface area contributed by atoms with Gasteiger partial charge in [0.05, 0.1) is 6.26 Å². The lowest BCUT2D eigenvalue weighted by molar-refractivity contribution is 0.119. The molecule has 2 rings (SSSR count). The van der Waals surface area contributed by atoms with Crippen molar-refractivity contribution in [3.8, 4) is 0 Å². The van der Waals surface area contributed by atoms with Gasteiger partial charge in [-0.15, -0.1) is 0 Å². The number of aliphatic hydroxyl groups is 1. The van der Waals surface area contributed by atoms with E-state index in [0.29, 0.717) is 5.76 Å². The lowest BCUT2D eigenvalue weighted by Gasteiger charge is -2.22. The average molecular weight is 284 g/mol. The zero-order chi connectivity index (χ0) is 14.0. The number of rotatable bonds is 4. The zero-order valence-corrected chi connectivity index (χ0v) is 11.2. The molecule has 5 heteroatoms. The number of hydrogen-bond acceptors (Lipinski definition) is 3. The van der Waals surface area contributed by atoms with Crippen LogP contribution in [-0.2, 0) is 0 Å². The van der Waals surface area contributed by atoms with E-state index in [4.69, 9.17) is 21.8 Å². The number of aryl methyl sites for hydroxylation is 1. The summed E-state index contributed by atoms with van der Waals surface area (Å²) in [7, 11) is 0. The molecular weight excluding hydrogens is 269 g/mol. The normalized spacial score (nSPS) is 14.4. The topological polar surface area (TPSA) is 59.4 Å². The summed E-state index contributed by atoms with van der Waals surface area (Å²) >= 11 is 6.01. The minimum absolute atomic E-state index is 0.0575. The van der Waals surface area contributed by atoms with E-state index in [2.05, 4.69) is 0 Å². The van der Waals surface area contributed by atoms with Crippen LogP contribution in [0.4, 0.5) is 4.39 Å². The van der Waals surface area contributed by atoms with E-state index in [9.17, 15) is 9.50 Å². The molecule has 3 N–H and O–H groups in total. The Bertz CT molecular complexity index is 550. The molecule has 0 bridgehead atoms. The van der Waals surface area contributed by atoms with Crippen LogP contribution in [0, 0.1) is 12.7 Å². The van der Waals surface area contributed by atoms with Crippen LogP contribution in [0.2, 0.25) is 5.02 Å². The van der Waals surface area contributed by atoms with Crippen LogP contribution in [0.25, 0.3) is 0 Å². The summed E-state index contributed by atoms with van der Waals surface area (Å²) in [5.74, 6) is -0.750. The summed E-state index contributed by atoms with van der Waals surface area (Å²) in [4.78, 5) is 0. The van der Waals surface area contributed by atoms with Gasteiger partial charge in [0.15, 0.2) is 0 Å². The van der Waals surface area contributed by atoms with Crippen molar-refractivity contribution >= 4 is 11.6 Å². The number of aliphatic hydroxyl groups excluding tert-OH is 1. The fourth-order valence-corrected chi connectivity index (χ4v) is 2.44. The smallest absolute Gasteiger partial charge is 0.135 e. The predicted molar refractivity (Wildman–Crippen MR) is 71.6 cm³/mol. The van der Waals surface area contributed by atoms with Crippen LogP contribution in [-0.4, -0.2) is 11.7 Å². The van der Waals surface area contributed by atoms with Gasteiger partial charge in [-0.1, -0.05) is 17.7 Å². The van der Waals surface area contributed by atoms with E-state index in [1.807, 2.05) is 0 Å². The maximum absolute atomic E-state index is 13.9. The molecule has 3 nitrogen and oxygen atoms in total. The van der Waals surface area contributed by atoms with Gasteiger partial charge in [-0.05, 0) is 30.7 Å². The van der Waals surface area contributed by atoms with Gasteiger partial charge < -0.3 is 15.3 Å². The molecule has 0 saturated carbocycles. The molecule has 0 amide bonds. The highest BCUT2D eigenvalue weighted by atomic mass is 35.5. The first-order chi connectivity index (χ1) is 9.06. The van der Waals surface area contributed by atoms with E-state index in [1.54, 1.807) is 19.1 Å². The van der Waals surface area contributed by atoms with Crippen LogP contribution in [0.3, 0.4) is 0 Å². The molecule has 0 saturated heterocycles. The molecular formula is C14H15ClFNO2. The van der Waals surface area contributed by atoms with Crippen LogP contribution < -0.4 is 5.73 Å². The Kier molecular flexibility index (Phi) is 4.24. The fourth-order valence-electron chi connectivity index (χ4n) is 2.14. The molecule has 1 heterocycles. The Morgan fingerprint density at radius 3 is 2.68 bits per heavy atom. The minimum Gasteiger partial charge on any atom is -0.466 e. The first kappa shape index (κ1) is 14.1. The van der Waals surface area contributed by atoms with Crippen molar-refractivity contribution in [3.05, 3.63) is 58.3 Å². The van der Waals surface area contributed by atoms with Crippen molar-refractivity contribution in [3.63, 3.8) is 0 Å². The fraction of sp³-hybridized carbons (Fsp3) is 0.286. The second-order valence-corrected chi connectivity index (χ2v) is 4.80. The number of furan rings is 1. The Morgan fingerprint density at radius 2 is 2.16 bits per heavy atom. The van der Waals surface area contributed by atoms with Gasteiger partial charge in [0.2, 0.25) is 0 Å². The van der Waals surface area contributed by atoms with Gasteiger partial charge in [-0.25, -0.2) is 4.39 Å². The summed E-state index contributed by atoms with van der Waals surface area (Å²) in [6.45, 7) is 1.86. The van der Waals surface area contributed by atoms with Crippen molar-refractivity contribution in [1.29, 1.82) is 0 Å². The summed E-state index contributed by atoms with van der Waals surface area (Å²) in [6.07, 6.45) is 0.444. The van der Waals surface area contributed by atoms with E-state index in [-0.39, 0.29) is 17.1 Å². The number of halogens is 2. The lowest BCUT2D eigenvalue weighted by Crippen LogP contribution is -2.21. The maximum atomic E-state index is 13.9. The van der Waals surface area contributed by atoms with Crippen LogP contribution in [0.1, 0.15) is 28.9 Å². The number of benzene rings is 1. The monoisotopic (exact) mass is 283 g/mol. The summed E-state index contributed by atoms with van der Waals surface area (Å²) in [5.41, 5.74) is 6.68. The lowest BCUT2D eigenvalue weighted by atomic mass is 9.90. The molecule has 19 heavy (non-hydrogen) atoms. The minimum atomic E-state index is -1.03. The Labute approximate surface area is 115 Å². The molecule has 1 aromatic carbocycles. The quantitative estimate of drug-likeness (QED) is 0.906. The number of hydrogen-bond donors (Lipinski definition) is 2. The first-order valence-corrected chi connectivity index (χ1v) is 6.30. The third-order valence-electron chi connectivity index (χ3n) is 3.18. The van der Waals surface area contributed by atoms with Crippen LogP contribution >= 0.6 is 11.6 Å². The summed E-state index contributed by atoms with van der Waals surface area (Å²) in [5, 5.41) is 10.6. The van der Waals surface area contributed by atoms with Crippen molar-refractivity contribution in [1.82, 2.24) is 0 Å². The molecule has 2 atom stereocenters. The van der Waals surface area contributed by atoms with E-state index >= 15 is 0 Å². The molecule has 2 unspecified atom stereocenters. The third-order valence-corrected chi connectivity index (χ3v) is 3.51. The Balaban J connectivity index is 2.43. The van der Waals surface area contributed by atoms with Gasteiger partial charge in [0, 0.05) is 23.0 Å². The first-order valence-electron chi connectivity index (χ1n) is 5.92. The molecule has 0 aliphatic rings. The van der Waals surface area contributed by atoms with E-state index in [0.717, 1.165) is 5.56 Å². The molecule has 0 aliphatic heterocycles. The maximum Gasteiger partial charge on any atom is 0.135 e. The Hall–Kier alpha value is -1.36. The molecule has 0 radical (unpaired) electrons. The highest BCUT2D eigenvalue weighted by Crippen LogP contribution is 2.36. The molecule has 0 fully saturated rings. The second kappa shape index (κ2) is 5.74. The molecule has 0 aliphatic carbocycles. The van der Waals surface area contributed by atoms with Gasteiger partial charge in [-0.2, -0.15) is 0 Å². The zero-order valence-electron chi connectivity index (χ0n) is 10.4. The second-order valence-electron chi connectivity index (χ2n) is 4.39. The highest BCUT2D eigenvalue weighted by Gasteiger charge is 2.29. The Morgan fingerprint density at radius 1 is 1.42 bits per heavy atom.